The summed E-state index contributed by atoms with van der Waals surface area (Å²) < 4.78 is 7.24. The van der Waals surface area contributed by atoms with Gasteiger partial charge in [-0.3, -0.25) is 4.79 Å². The normalized spacial score (nSPS) is 19.9. The second kappa shape index (κ2) is 11.5. The van der Waals surface area contributed by atoms with Gasteiger partial charge >= 0.3 is 6.01 Å². The van der Waals surface area contributed by atoms with Gasteiger partial charge in [0.2, 0.25) is 0 Å². The fraction of sp³-hybridized carbons (Fsp3) is 0.516. The van der Waals surface area contributed by atoms with Crippen molar-refractivity contribution in [3.63, 3.8) is 0 Å². The van der Waals surface area contributed by atoms with Gasteiger partial charge in [-0.25, -0.2) is 0 Å². The van der Waals surface area contributed by atoms with Crippen LogP contribution in [0.1, 0.15) is 60.1 Å². The van der Waals surface area contributed by atoms with E-state index in [-0.39, 0.29) is 29.7 Å². The molecule has 0 spiro atoms. The summed E-state index contributed by atoms with van der Waals surface area (Å²) >= 11 is 2.24. The number of carbonyl (C=O) groups is 1. The van der Waals surface area contributed by atoms with E-state index in [1.165, 1.54) is 0 Å². The topological polar surface area (TPSA) is 102 Å². The Morgan fingerprint density at radius 3 is 2.76 bits per heavy atom. The van der Waals surface area contributed by atoms with E-state index in [1.807, 2.05) is 18.2 Å². The number of aliphatic hydroxyl groups excluding tert-OH is 1. The molecule has 3 aromatic rings. The fourth-order valence-electron chi connectivity index (χ4n) is 6.43. The molecule has 9 nitrogen and oxygen atoms in total. The molecule has 10 heteroatoms. The van der Waals surface area contributed by atoms with Gasteiger partial charge in [-0.2, -0.15) is 9.97 Å². The molecule has 0 radical (unpaired) electrons. The van der Waals surface area contributed by atoms with Gasteiger partial charge in [0.25, 0.3) is 5.91 Å². The smallest absolute Gasteiger partial charge is 0.318 e. The number of benzene rings is 2. The molecule has 2 aliphatic heterocycles. The predicted octanol–water partition coefficient (Wildman–Crippen LogP) is 4.56. The summed E-state index contributed by atoms with van der Waals surface area (Å²) in [6.07, 6.45) is 6.35. The zero-order valence-electron chi connectivity index (χ0n) is 23.8. The maximum Gasteiger partial charge on any atom is 0.318 e. The molecule has 1 amide bonds. The SMILES string of the molecule is CN(C)CC1(COc2nc3c(c(N4CCCCCC4CO)n2)CN(C(=O)c2cc(O)cc4cccc(I)c24)C3)CC1. The molecule has 1 saturated heterocycles. The molecule has 2 aromatic carbocycles. The van der Waals surface area contributed by atoms with Gasteiger partial charge in [0.15, 0.2) is 0 Å². The van der Waals surface area contributed by atoms with Crippen molar-refractivity contribution in [2.45, 2.75) is 57.7 Å². The Morgan fingerprint density at radius 2 is 2.00 bits per heavy atom. The molecule has 41 heavy (non-hydrogen) atoms. The van der Waals surface area contributed by atoms with Crippen LogP contribution in [0.15, 0.2) is 30.3 Å². The number of hydrogen-bond donors (Lipinski definition) is 2. The van der Waals surface area contributed by atoms with Gasteiger partial charge in [-0.05, 0) is 86.0 Å². The van der Waals surface area contributed by atoms with E-state index in [0.717, 1.165) is 83.0 Å². The Bertz CT molecular complexity index is 1460. The van der Waals surface area contributed by atoms with Crippen molar-refractivity contribution in [3.8, 4) is 11.8 Å². The Labute approximate surface area is 254 Å². The van der Waals surface area contributed by atoms with E-state index in [9.17, 15) is 15.0 Å². The van der Waals surface area contributed by atoms with Gasteiger partial charge in [-0.15, -0.1) is 0 Å². The first-order chi connectivity index (χ1) is 19.8. The summed E-state index contributed by atoms with van der Waals surface area (Å²) in [6.45, 7) is 3.07. The lowest BCUT2D eigenvalue weighted by molar-refractivity contribution is 0.0752. The Kier molecular flexibility index (Phi) is 7.99. The highest BCUT2D eigenvalue weighted by Gasteiger charge is 2.44. The molecule has 0 bridgehead atoms. The number of phenolic OH excluding ortho intramolecular Hbond substituents is 1. The molecule has 1 aliphatic carbocycles. The zero-order chi connectivity index (χ0) is 28.7. The number of nitrogens with zero attached hydrogens (tertiary/aromatic N) is 5. The minimum absolute atomic E-state index is 0.0331. The first-order valence-corrected chi connectivity index (χ1v) is 15.6. The molecule has 1 saturated carbocycles. The van der Waals surface area contributed by atoms with E-state index >= 15 is 0 Å². The standard InChI is InChI=1S/C31H38IN5O4/c1-35(2)18-31(10-11-31)19-41-30-33-26-16-36(15-24(26)28(34-30)37-12-5-3-4-8-21(37)17-38)29(40)23-14-22(39)13-20-7-6-9-25(32)27(20)23/h6-7,9,13-14,21,38-39H,3-5,8,10-12,15-19H2,1-2H3. The van der Waals surface area contributed by atoms with Gasteiger partial charge in [0.05, 0.1) is 43.6 Å². The van der Waals surface area contributed by atoms with Crippen molar-refractivity contribution in [2.24, 2.45) is 5.41 Å². The Balaban J connectivity index is 1.34. The third kappa shape index (κ3) is 5.83. The summed E-state index contributed by atoms with van der Waals surface area (Å²) in [6, 6.07) is 9.38. The number of hydrogen-bond acceptors (Lipinski definition) is 8. The Morgan fingerprint density at radius 1 is 1.17 bits per heavy atom. The number of amides is 1. The number of aromatic hydroxyl groups is 1. The largest absolute Gasteiger partial charge is 0.508 e. The molecule has 2 N–H and O–H groups in total. The molecule has 6 rings (SSSR count). The number of anilines is 1. The summed E-state index contributed by atoms with van der Waals surface area (Å²) in [5.74, 6) is 0.686. The predicted molar refractivity (Wildman–Crippen MR) is 166 cm³/mol. The van der Waals surface area contributed by atoms with E-state index in [0.29, 0.717) is 31.3 Å². The third-order valence-corrected chi connectivity index (χ3v) is 9.54. The van der Waals surface area contributed by atoms with Crippen molar-refractivity contribution in [1.82, 2.24) is 19.8 Å². The third-order valence-electron chi connectivity index (χ3n) is 8.64. The van der Waals surface area contributed by atoms with Crippen LogP contribution in [0.3, 0.4) is 0 Å². The molecule has 1 atom stereocenters. The molecule has 1 aromatic heterocycles. The second-order valence-electron chi connectivity index (χ2n) is 12.2. The van der Waals surface area contributed by atoms with Gasteiger partial charge in [0, 0.05) is 33.0 Å². The number of halogens is 1. The molecule has 3 heterocycles. The van der Waals surface area contributed by atoms with Crippen LogP contribution in [0.4, 0.5) is 5.82 Å². The van der Waals surface area contributed by atoms with Crippen LogP contribution in [0, 0.1) is 8.99 Å². The highest BCUT2D eigenvalue weighted by molar-refractivity contribution is 14.1. The van der Waals surface area contributed by atoms with Crippen molar-refractivity contribution in [3.05, 3.63) is 50.7 Å². The van der Waals surface area contributed by atoms with Crippen molar-refractivity contribution in [1.29, 1.82) is 0 Å². The van der Waals surface area contributed by atoms with E-state index in [2.05, 4.69) is 46.5 Å². The van der Waals surface area contributed by atoms with Crippen LogP contribution < -0.4 is 9.64 Å². The van der Waals surface area contributed by atoms with E-state index in [1.54, 1.807) is 17.0 Å². The lowest BCUT2D eigenvalue weighted by atomic mass is 10.0. The highest BCUT2D eigenvalue weighted by Crippen LogP contribution is 2.46. The minimum atomic E-state index is -0.154. The minimum Gasteiger partial charge on any atom is -0.508 e. The summed E-state index contributed by atoms with van der Waals surface area (Å²) in [5.41, 5.74) is 2.32. The highest BCUT2D eigenvalue weighted by atomic mass is 127. The monoisotopic (exact) mass is 671 g/mol. The van der Waals surface area contributed by atoms with Crippen LogP contribution in [-0.2, 0) is 13.1 Å². The second-order valence-corrected chi connectivity index (χ2v) is 13.3. The van der Waals surface area contributed by atoms with Crippen LogP contribution >= 0.6 is 22.6 Å². The molecule has 218 valence electrons. The molecule has 1 unspecified atom stereocenters. The van der Waals surface area contributed by atoms with E-state index < -0.39 is 0 Å². The number of aliphatic hydroxyl groups is 1. The maximum atomic E-state index is 14.0. The number of ether oxygens (including phenoxy) is 1. The van der Waals surface area contributed by atoms with Crippen molar-refractivity contribution < 1.29 is 19.7 Å². The quantitative estimate of drug-likeness (QED) is 0.337. The lowest BCUT2D eigenvalue weighted by Gasteiger charge is -2.31. The first-order valence-electron chi connectivity index (χ1n) is 14.5. The van der Waals surface area contributed by atoms with Gasteiger partial charge in [-0.1, -0.05) is 25.0 Å². The van der Waals surface area contributed by atoms with Gasteiger partial charge < -0.3 is 29.6 Å². The van der Waals surface area contributed by atoms with Crippen LogP contribution in [0.2, 0.25) is 0 Å². The van der Waals surface area contributed by atoms with Crippen molar-refractivity contribution in [2.75, 3.05) is 45.3 Å². The Hall–Kier alpha value is -2.70. The summed E-state index contributed by atoms with van der Waals surface area (Å²) in [4.78, 5) is 30.0. The lowest BCUT2D eigenvalue weighted by Crippen LogP contribution is -2.39. The number of rotatable bonds is 8. The molecular formula is C31H38IN5O4. The number of carbonyl (C=O) groups excluding carboxylic acids is 1. The summed E-state index contributed by atoms with van der Waals surface area (Å²) in [5, 5.41) is 22.4. The average molecular weight is 672 g/mol. The first kappa shape index (κ1) is 28.4. The molecule has 3 aliphatic rings. The molecular weight excluding hydrogens is 633 g/mol. The average Bonchev–Trinajstić information content (AvgIpc) is 3.63. The van der Waals surface area contributed by atoms with Gasteiger partial charge in [0.1, 0.15) is 11.6 Å². The van der Waals surface area contributed by atoms with Crippen LogP contribution in [-0.4, -0.2) is 82.3 Å². The number of aromatic nitrogens is 2. The maximum absolute atomic E-state index is 14.0. The van der Waals surface area contributed by atoms with Crippen LogP contribution in [0.5, 0.6) is 11.8 Å². The van der Waals surface area contributed by atoms with Crippen molar-refractivity contribution >= 4 is 45.1 Å². The molecule has 2 fully saturated rings. The summed E-state index contributed by atoms with van der Waals surface area (Å²) in [7, 11) is 4.17. The van der Waals surface area contributed by atoms with Crippen LogP contribution in [0.25, 0.3) is 10.8 Å². The van der Waals surface area contributed by atoms with E-state index in [4.69, 9.17) is 14.7 Å². The number of phenols is 1. The fourth-order valence-corrected chi connectivity index (χ4v) is 7.24. The number of fused-ring (bicyclic) bond motifs is 2. The zero-order valence-corrected chi connectivity index (χ0v) is 25.9.